The Bertz CT molecular complexity index is 351. The van der Waals surface area contributed by atoms with Gasteiger partial charge in [0.1, 0.15) is 6.04 Å². The molecule has 6 nitrogen and oxygen atoms in total. The number of carbonyl (C=O) groups excluding carboxylic acids is 2. The van der Waals surface area contributed by atoms with Crippen LogP contribution in [0.15, 0.2) is 0 Å². The van der Waals surface area contributed by atoms with Crippen LogP contribution in [0.25, 0.3) is 0 Å². The van der Waals surface area contributed by atoms with Crippen molar-refractivity contribution < 1.29 is 19.5 Å². The molecule has 7 heteroatoms. The Balaban J connectivity index is 0. The van der Waals surface area contributed by atoms with Gasteiger partial charge in [0, 0.05) is 6.42 Å². The number of carbonyl (C=O) groups is 3. The monoisotopic (exact) mass is 338 g/mol. The van der Waals surface area contributed by atoms with Gasteiger partial charge in [-0.15, -0.1) is 0 Å². The second-order valence-electron chi connectivity index (χ2n) is 5.71. The van der Waals surface area contributed by atoms with Crippen molar-refractivity contribution in [2.75, 3.05) is 0 Å². The summed E-state index contributed by atoms with van der Waals surface area (Å²) < 4.78 is 0. The van der Waals surface area contributed by atoms with Crippen LogP contribution in [0.2, 0.25) is 0 Å². The predicted octanol–water partition coefficient (Wildman–Crippen LogP) is 1.70. The first-order chi connectivity index (χ1) is 10.5. The van der Waals surface area contributed by atoms with Gasteiger partial charge < -0.3 is 16.2 Å². The van der Waals surface area contributed by atoms with Crippen LogP contribution in [0.1, 0.15) is 77.6 Å². The van der Waals surface area contributed by atoms with E-state index in [1.807, 2.05) is 0 Å². The Hall–Kier alpha value is -0.590. The molecule has 0 aliphatic rings. The van der Waals surface area contributed by atoms with E-state index in [0.29, 0.717) is 6.42 Å². The average Bonchev–Trinajstić information content (AvgIpc) is 2.44. The van der Waals surface area contributed by atoms with Crippen LogP contribution in [-0.4, -0.2) is 58.5 Å². The maximum absolute atomic E-state index is 11.6. The van der Waals surface area contributed by atoms with E-state index in [1.165, 1.54) is 38.5 Å². The second-order valence-corrected chi connectivity index (χ2v) is 5.71. The van der Waals surface area contributed by atoms with Gasteiger partial charge in [-0.25, -0.2) is 4.79 Å². The quantitative estimate of drug-likeness (QED) is 0.331. The minimum atomic E-state index is -1.24. The summed E-state index contributed by atoms with van der Waals surface area (Å²) in [6.07, 6.45) is 10.3. The van der Waals surface area contributed by atoms with E-state index >= 15 is 0 Å². The first-order valence-electron chi connectivity index (χ1n) is 8.27. The van der Waals surface area contributed by atoms with Gasteiger partial charge in [0.15, 0.2) is 0 Å². The number of amides is 2. The molecule has 0 saturated heterocycles. The molecule has 0 bridgehead atoms. The van der Waals surface area contributed by atoms with Crippen molar-refractivity contribution in [2.45, 2.75) is 83.6 Å². The normalized spacial score (nSPS) is 11.3. The van der Waals surface area contributed by atoms with E-state index in [4.69, 9.17) is 10.8 Å². The fraction of sp³-hybridized carbons (Fsp3) is 0.812. The fourth-order valence-electron chi connectivity index (χ4n) is 2.26. The van der Waals surface area contributed by atoms with Gasteiger partial charge in [-0.3, -0.25) is 9.59 Å². The number of rotatable bonds is 14. The number of hydrogen-bond acceptors (Lipinski definition) is 3. The van der Waals surface area contributed by atoms with Crippen LogP contribution >= 0.6 is 0 Å². The third kappa shape index (κ3) is 16.1. The summed E-state index contributed by atoms with van der Waals surface area (Å²) in [7, 11) is 0. The van der Waals surface area contributed by atoms with E-state index in [9.17, 15) is 14.4 Å². The first kappa shape index (κ1) is 24.7. The molecule has 0 fully saturated rings. The molecule has 4 N–H and O–H groups in total. The zero-order valence-electron chi connectivity index (χ0n) is 13.6. The van der Waals surface area contributed by atoms with Crippen molar-refractivity contribution in [1.29, 1.82) is 0 Å². The molecule has 0 heterocycles. The Morgan fingerprint density at radius 3 is 1.87 bits per heavy atom. The molecule has 0 aliphatic carbocycles. The van der Waals surface area contributed by atoms with Crippen molar-refractivity contribution in [3.63, 3.8) is 0 Å². The first-order valence-corrected chi connectivity index (χ1v) is 8.27. The number of nitrogens with one attached hydrogen (secondary N) is 1. The van der Waals surface area contributed by atoms with Crippen LogP contribution in [0.4, 0.5) is 0 Å². The Kier molecular flexibility index (Phi) is 17.4. The van der Waals surface area contributed by atoms with Gasteiger partial charge in [0.05, 0.1) is 6.42 Å². The van der Waals surface area contributed by atoms with Crippen molar-refractivity contribution in [2.24, 2.45) is 5.73 Å². The number of primary amides is 1. The Morgan fingerprint density at radius 2 is 1.43 bits per heavy atom. The van der Waals surface area contributed by atoms with Gasteiger partial charge in [-0.1, -0.05) is 58.3 Å². The van der Waals surface area contributed by atoms with E-state index in [0.717, 1.165) is 19.3 Å². The van der Waals surface area contributed by atoms with Crippen molar-refractivity contribution in [1.82, 2.24) is 5.32 Å². The molecule has 0 aromatic carbocycles. The molecule has 1 atom stereocenters. The van der Waals surface area contributed by atoms with Gasteiger partial charge in [0.25, 0.3) is 0 Å². The molecule has 0 rings (SSSR count). The second kappa shape index (κ2) is 16.3. The molecule has 0 saturated carbocycles. The summed E-state index contributed by atoms with van der Waals surface area (Å²) in [5, 5.41) is 11.2. The zero-order valence-corrected chi connectivity index (χ0v) is 13.6. The zero-order chi connectivity index (χ0) is 16.8. The number of carboxylic acids is 1. The van der Waals surface area contributed by atoms with Crippen LogP contribution in [0, 0.1) is 0 Å². The number of hydrogen-bond donors (Lipinski definition) is 3. The molecule has 0 unspecified atom stereocenters. The topological polar surface area (TPSA) is 109 Å². The molecule has 0 aromatic heterocycles. The van der Waals surface area contributed by atoms with Gasteiger partial charge >= 0.3 is 35.5 Å². The maximum atomic E-state index is 11.6. The van der Waals surface area contributed by atoms with Crippen LogP contribution in [0.5, 0.6) is 0 Å². The minimum absolute atomic E-state index is 0. The SMILES string of the molecule is CCCCCCCCCCCC(=O)N[C@@H](CC(N)=O)C(=O)O.[NaH]. The summed E-state index contributed by atoms with van der Waals surface area (Å²) in [5.41, 5.74) is 4.95. The van der Waals surface area contributed by atoms with E-state index in [2.05, 4.69) is 12.2 Å². The summed E-state index contributed by atoms with van der Waals surface area (Å²) in [4.78, 5) is 33.2. The molecule has 0 aromatic rings. The molecule has 23 heavy (non-hydrogen) atoms. The van der Waals surface area contributed by atoms with Gasteiger partial charge in [0.2, 0.25) is 11.8 Å². The predicted molar refractivity (Wildman–Crippen MR) is 92.4 cm³/mol. The number of unbranched alkanes of at least 4 members (excludes halogenated alkanes) is 8. The van der Waals surface area contributed by atoms with E-state index in [1.54, 1.807) is 0 Å². The number of carboxylic acid groups (broad SMARTS) is 1. The molecular weight excluding hydrogens is 307 g/mol. The molecule has 0 aliphatic heterocycles. The standard InChI is InChI=1S/C16H30N2O4.Na.H/c1-2-3-4-5-6-7-8-9-10-11-15(20)18-13(16(21)22)12-14(17)19;;/h13H,2-12H2,1H3,(H2,17,19)(H,18,20)(H,21,22);;/t13-;;/m0../s1. The van der Waals surface area contributed by atoms with E-state index < -0.39 is 17.9 Å². The summed E-state index contributed by atoms with van der Waals surface area (Å²) in [5.74, 6) is -2.31. The van der Waals surface area contributed by atoms with Crippen molar-refractivity contribution in [3.05, 3.63) is 0 Å². The summed E-state index contributed by atoms with van der Waals surface area (Å²) in [6, 6.07) is -1.22. The van der Waals surface area contributed by atoms with Gasteiger partial charge in [-0.2, -0.15) is 0 Å². The molecule has 2 amide bonds. The third-order valence-electron chi connectivity index (χ3n) is 3.55. The summed E-state index contributed by atoms with van der Waals surface area (Å²) >= 11 is 0. The van der Waals surface area contributed by atoms with Crippen LogP contribution < -0.4 is 11.1 Å². The fourth-order valence-corrected chi connectivity index (χ4v) is 2.26. The average molecular weight is 338 g/mol. The van der Waals surface area contributed by atoms with Crippen molar-refractivity contribution in [3.8, 4) is 0 Å². The number of aliphatic carboxylic acids is 1. The Morgan fingerprint density at radius 1 is 0.957 bits per heavy atom. The molecule has 0 radical (unpaired) electrons. The molecule has 130 valence electrons. The van der Waals surface area contributed by atoms with E-state index in [-0.39, 0.29) is 41.9 Å². The number of nitrogens with two attached hydrogens (primary N) is 1. The third-order valence-corrected chi connectivity index (χ3v) is 3.55. The van der Waals surface area contributed by atoms with Crippen LogP contribution in [-0.2, 0) is 14.4 Å². The molecule has 0 spiro atoms. The van der Waals surface area contributed by atoms with Crippen LogP contribution in [0.3, 0.4) is 0 Å². The van der Waals surface area contributed by atoms with Crippen molar-refractivity contribution >= 4 is 47.3 Å². The summed E-state index contributed by atoms with van der Waals surface area (Å²) in [6.45, 7) is 2.20. The molecular formula is C16H31N2NaO4. The Labute approximate surface area is 161 Å². The van der Waals surface area contributed by atoms with Gasteiger partial charge in [-0.05, 0) is 6.42 Å².